The highest BCUT2D eigenvalue weighted by Crippen LogP contribution is 2.18. The van der Waals surface area contributed by atoms with Crippen LogP contribution in [-0.4, -0.2) is 50.0 Å². The molecule has 0 aliphatic rings. The molecule has 0 aromatic heterocycles. The second kappa shape index (κ2) is 9.79. The molecule has 132 valence electrons. The number of aliphatic hydroxyl groups is 1. The van der Waals surface area contributed by atoms with Crippen LogP contribution in [0.25, 0.3) is 0 Å². The number of hydrogen-bond acceptors (Lipinski definition) is 5. The Hall–Kier alpha value is -1.14. The van der Waals surface area contributed by atoms with Gasteiger partial charge in [0, 0.05) is 24.5 Å². The highest BCUT2D eigenvalue weighted by Gasteiger charge is 2.24. The fourth-order valence-corrected chi connectivity index (χ4v) is 1.30. The van der Waals surface area contributed by atoms with Crippen LogP contribution in [-0.2, 0) is 14.3 Å². The minimum absolute atomic E-state index is 0.226. The number of hydrogen-bond donors (Lipinski definition) is 2. The number of aliphatic hydroxyl groups excluding tert-OH is 1. The van der Waals surface area contributed by atoms with Crippen molar-refractivity contribution in [2.75, 3.05) is 26.9 Å². The summed E-state index contributed by atoms with van der Waals surface area (Å²) < 4.78 is 10.7. The SMILES string of the molecule is CC(C)(C=O)COCC(C)(C)CNC(=O)OC(C)(C)C.CO. The molecule has 0 atom stereocenters. The van der Waals surface area contributed by atoms with Crippen LogP contribution in [0.5, 0.6) is 0 Å². The second-order valence-corrected chi connectivity index (χ2v) is 7.62. The van der Waals surface area contributed by atoms with E-state index in [1.54, 1.807) is 0 Å². The Labute approximate surface area is 134 Å². The van der Waals surface area contributed by atoms with Crippen LogP contribution in [0.3, 0.4) is 0 Å². The number of amides is 1. The summed E-state index contributed by atoms with van der Waals surface area (Å²) in [4.78, 5) is 22.3. The minimum atomic E-state index is -0.501. The van der Waals surface area contributed by atoms with Crippen molar-refractivity contribution < 1.29 is 24.2 Å². The zero-order valence-corrected chi connectivity index (χ0v) is 15.3. The van der Waals surface area contributed by atoms with E-state index in [4.69, 9.17) is 14.6 Å². The zero-order valence-electron chi connectivity index (χ0n) is 15.3. The number of carbonyl (C=O) groups excluding carboxylic acids is 2. The number of rotatable bonds is 7. The van der Waals surface area contributed by atoms with Crippen molar-refractivity contribution >= 4 is 12.4 Å². The van der Waals surface area contributed by atoms with Gasteiger partial charge in [-0.3, -0.25) is 0 Å². The van der Waals surface area contributed by atoms with Gasteiger partial charge in [0.05, 0.1) is 13.2 Å². The van der Waals surface area contributed by atoms with Crippen molar-refractivity contribution in [3.8, 4) is 0 Å². The molecule has 0 aromatic carbocycles. The van der Waals surface area contributed by atoms with Crippen molar-refractivity contribution in [2.45, 2.75) is 54.1 Å². The van der Waals surface area contributed by atoms with Gasteiger partial charge in [-0.25, -0.2) is 4.79 Å². The van der Waals surface area contributed by atoms with Crippen LogP contribution < -0.4 is 5.32 Å². The van der Waals surface area contributed by atoms with E-state index in [0.29, 0.717) is 19.8 Å². The third kappa shape index (κ3) is 13.8. The monoisotopic (exact) mass is 319 g/mol. The van der Waals surface area contributed by atoms with Gasteiger partial charge in [-0.2, -0.15) is 0 Å². The Balaban J connectivity index is 0. The molecule has 0 bridgehead atoms. The molecular formula is C16H33NO5. The lowest BCUT2D eigenvalue weighted by Gasteiger charge is -2.27. The Morgan fingerprint density at radius 1 is 1.05 bits per heavy atom. The lowest BCUT2D eigenvalue weighted by atomic mass is 9.94. The Morgan fingerprint density at radius 2 is 1.55 bits per heavy atom. The Kier molecular flexibility index (Phi) is 10.3. The molecule has 0 aliphatic carbocycles. The summed E-state index contributed by atoms with van der Waals surface area (Å²) in [7, 11) is 1.00. The number of aldehydes is 1. The first-order chi connectivity index (χ1) is 9.87. The molecule has 0 radical (unpaired) electrons. The summed E-state index contributed by atoms with van der Waals surface area (Å²) in [6.45, 7) is 14.4. The normalized spacial score (nSPS) is 12.0. The van der Waals surface area contributed by atoms with Gasteiger partial charge in [0.2, 0.25) is 0 Å². The number of carbonyl (C=O) groups is 2. The van der Waals surface area contributed by atoms with Crippen molar-refractivity contribution in [1.82, 2.24) is 5.32 Å². The maximum absolute atomic E-state index is 11.6. The Bertz CT molecular complexity index is 332. The average molecular weight is 319 g/mol. The first kappa shape index (κ1) is 23.1. The molecule has 0 fully saturated rings. The van der Waals surface area contributed by atoms with E-state index in [-0.39, 0.29) is 5.41 Å². The lowest BCUT2D eigenvalue weighted by molar-refractivity contribution is -0.118. The van der Waals surface area contributed by atoms with E-state index in [1.807, 2.05) is 48.5 Å². The molecule has 0 heterocycles. The molecule has 1 amide bonds. The maximum Gasteiger partial charge on any atom is 0.407 e. The highest BCUT2D eigenvalue weighted by atomic mass is 16.6. The third-order valence-corrected chi connectivity index (χ3v) is 2.40. The van der Waals surface area contributed by atoms with Gasteiger partial charge in [-0.15, -0.1) is 0 Å². The topological polar surface area (TPSA) is 84.9 Å². The smallest absolute Gasteiger partial charge is 0.407 e. The molecular weight excluding hydrogens is 286 g/mol. The van der Waals surface area contributed by atoms with Gasteiger partial charge in [0.15, 0.2) is 0 Å². The van der Waals surface area contributed by atoms with Gasteiger partial charge in [-0.05, 0) is 20.8 Å². The first-order valence-electron chi connectivity index (χ1n) is 7.33. The highest BCUT2D eigenvalue weighted by molar-refractivity contribution is 5.67. The van der Waals surface area contributed by atoms with Crippen molar-refractivity contribution in [3.05, 3.63) is 0 Å². The molecule has 0 rings (SSSR count). The van der Waals surface area contributed by atoms with E-state index >= 15 is 0 Å². The van der Waals surface area contributed by atoms with Crippen LogP contribution in [0, 0.1) is 10.8 Å². The van der Waals surface area contributed by atoms with Crippen molar-refractivity contribution in [1.29, 1.82) is 0 Å². The van der Waals surface area contributed by atoms with Crippen LogP contribution in [0.15, 0.2) is 0 Å². The van der Waals surface area contributed by atoms with Crippen LogP contribution in [0.2, 0.25) is 0 Å². The fourth-order valence-electron chi connectivity index (χ4n) is 1.30. The van der Waals surface area contributed by atoms with Gasteiger partial charge < -0.3 is 24.7 Å². The lowest BCUT2D eigenvalue weighted by Crippen LogP contribution is -2.40. The molecule has 0 saturated carbocycles. The third-order valence-electron chi connectivity index (χ3n) is 2.40. The minimum Gasteiger partial charge on any atom is -0.444 e. The van der Waals surface area contributed by atoms with Crippen molar-refractivity contribution in [2.24, 2.45) is 10.8 Å². The predicted molar refractivity (Wildman–Crippen MR) is 86.8 cm³/mol. The summed E-state index contributed by atoms with van der Waals surface area (Å²) in [5.74, 6) is 0. The van der Waals surface area contributed by atoms with E-state index in [9.17, 15) is 9.59 Å². The Morgan fingerprint density at radius 3 is 1.95 bits per heavy atom. The van der Waals surface area contributed by atoms with Gasteiger partial charge >= 0.3 is 6.09 Å². The number of nitrogens with one attached hydrogen (secondary N) is 1. The van der Waals surface area contributed by atoms with Crippen molar-refractivity contribution in [3.63, 3.8) is 0 Å². The average Bonchev–Trinajstić information content (AvgIpc) is 2.36. The van der Waals surface area contributed by atoms with Crippen LogP contribution >= 0.6 is 0 Å². The van der Waals surface area contributed by atoms with E-state index in [1.165, 1.54) is 0 Å². The van der Waals surface area contributed by atoms with Gasteiger partial charge in [0.1, 0.15) is 11.9 Å². The fraction of sp³-hybridized carbons (Fsp3) is 0.875. The predicted octanol–water partition coefficient (Wildman–Crippen LogP) is 2.39. The van der Waals surface area contributed by atoms with E-state index in [2.05, 4.69) is 5.32 Å². The zero-order chi connectivity index (χ0) is 18.0. The molecule has 0 aliphatic heterocycles. The summed E-state index contributed by atoms with van der Waals surface area (Å²) >= 11 is 0. The molecule has 0 unspecified atom stereocenters. The molecule has 6 nitrogen and oxygen atoms in total. The molecule has 0 spiro atoms. The number of alkyl carbamates (subject to hydrolysis) is 1. The molecule has 6 heteroatoms. The van der Waals surface area contributed by atoms with E-state index < -0.39 is 17.1 Å². The summed E-state index contributed by atoms with van der Waals surface area (Å²) in [5.41, 5.74) is -1.21. The largest absolute Gasteiger partial charge is 0.444 e. The second-order valence-electron chi connectivity index (χ2n) is 7.62. The summed E-state index contributed by atoms with van der Waals surface area (Å²) in [5, 5.41) is 9.73. The quantitative estimate of drug-likeness (QED) is 0.704. The number of ether oxygens (including phenoxy) is 2. The first-order valence-corrected chi connectivity index (χ1v) is 7.33. The standard InChI is InChI=1S/C15H29NO4.CH4O/c1-13(2,3)20-12(18)16-8-14(4,5)10-19-11-15(6,7)9-17;1-2/h9H,8,10-11H2,1-7H3,(H,16,18);2H,1H3. The molecule has 2 N–H and O–H groups in total. The summed E-state index contributed by atoms with van der Waals surface area (Å²) in [6, 6.07) is 0. The van der Waals surface area contributed by atoms with E-state index in [0.717, 1.165) is 13.4 Å². The summed E-state index contributed by atoms with van der Waals surface area (Å²) in [6.07, 6.45) is 0.456. The van der Waals surface area contributed by atoms with Crippen LogP contribution in [0.4, 0.5) is 4.79 Å². The van der Waals surface area contributed by atoms with Gasteiger partial charge in [0.25, 0.3) is 0 Å². The maximum atomic E-state index is 11.6. The van der Waals surface area contributed by atoms with Crippen LogP contribution in [0.1, 0.15) is 48.5 Å². The molecule has 0 saturated heterocycles. The van der Waals surface area contributed by atoms with Gasteiger partial charge in [-0.1, -0.05) is 27.7 Å². The molecule has 0 aromatic rings. The molecule has 22 heavy (non-hydrogen) atoms.